The molecule has 0 aliphatic heterocycles. The maximum absolute atomic E-state index is 14.7. The third-order valence-corrected chi connectivity index (χ3v) is 5.79. The number of hydrogen-bond acceptors (Lipinski definition) is 7. The van der Waals surface area contributed by atoms with Gasteiger partial charge >= 0.3 is 0 Å². The Hall–Kier alpha value is -3.72. The number of primary amides is 1. The molecule has 0 spiro atoms. The first kappa shape index (κ1) is 22.5. The molecule has 0 radical (unpaired) electrons. The van der Waals surface area contributed by atoms with E-state index in [2.05, 4.69) is 20.6 Å². The maximum Gasteiger partial charge on any atom is 0.252 e. The molecule has 3 aromatic rings. The third-order valence-electron chi connectivity index (χ3n) is 5.79. The van der Waals surface area contributed by atoms with Gasteiger partial charge in [-0.3, -0.25) is 9.78 Å². The molecule has 2 heterocycles. The lowest BCUT2D eigenvalue weighted by Gasteiger charge is -2.30. The van der Waals surface area contributed by atoms with Crippen molar-refractivity contribution in [3.05, 3.63) is 60.2 Å². The van der Waals surface area contributed by atoms with E-state index in [1.54, 1.807) is 19.5 Å². The summed E-state index contributed by atoms with van der Waals surface area (Å²) >= 11 is 0. The highest BCUT2D eigenvalue weighted by Crippen LogP contribution is 2.29. The van der Waals surface area contributed by atoms with Gasteiger partial charge in [0, 0.05) is 23.8 Å². The van der Waals surface area contributed by atoms with Crippen LogP contribution in [0.1, 0.15) is 36.0 Å². The van der Waals surface area contributed by atoms with Crippen LogP contribution in [0.25, 0.3) is 11.1 Å². The first-order valence-corrected chi connectivity index (χ1v) is 10.8. The standard InChI is InChI=1S/C24H27FN6O2/c1-33-17-6-4-5-14(10-17)15-9-16(13-28-12-15)29-23-18(22(27)32)11-19(25)24(31-23)30-21-8-3-2-7-20(21)26/h4-6,9-13,20-21H,2-3,7-8,26H2,1H3,(H2,27,32)(H2,29,30,31). The van der Waals surface area contributed by atoms with E-state index in [0.717, 1.165) is 48.6 Å². The Morgan fingerprint density at radius 3 is 2.70 bits per heavy atom. The Balaban J connectivity index is 1.64. The second-order valence-corrected chi connectivity index (χ2v) is 8.10. The quantitative estimate of drug-likeness (QED) is 0.431. The summed E-state index contributed by atoms with van der Waals surface area (Å²) < 4.78 is 20.0. The topological polar surface area (TPSA) is 128 Å². The van der Waals surface area contributed by atoms with Crippen LogP contribution in [0.15, 0.2) is 48.8 Å². The van der Waals surface area contributed by atoms with Crippen LogP contribution in [0.3, 0.4) is 0 Å². The summed E-state index contributed by atoms with van der Waals surface area (Å²) in [4.78, 5) is 20.6. The van der Waals surface area contributed by atoms with Gasteiger partial charge in [0.15, 0.2) is 11.6 Å². The van der Waals surface area contributed by atoms with E-state index in [1.807, 2.05) is 30.3 Å². The van der Waals surface area contributed by atoms with E-state index in [9.17, 15) is 9.18 Å². The van der Waals surface area contributed by atoms with E-state index in [-0.39, 0.29) is 29.3 Å². The predicted molar refractivity (Wildman–Crippen MR) is 126 cm³/mol. The zero-order valence-corrected chi connectivity index (χ0v) is 18.3. The van der Waals surface area contributed by atoms with Gasteiger partial charge < -0.3 is 26.8 Å². The number of carbonyl (C=O) groups excluding carboxylic acids is 1. The summed E-state index contributed by atoms with van der Waals surface area (Å²) in [6.45, 7) is 0. The van der Waals surface area contributed by atoms with Crippen LogP contribution in [0, 0.1) is 5.82 Å². The van der Waals surface area contributed by atoms with Crippen LogP contribution >= 0.6 is 0 Å². The summed E-state index contributed by atoms with van der Waals surface area (Å²) in [5, 5.41) is 6.17. The molecule has 2 unspecified atom stereocenters. The fourth-order valence-corrected chi connectivity index (χ4v) is 3.99. The van der Waals surface area contributed by atoms with Gasteiger partial charge in [-0.05, 0) is 42.7 Å². The number of methoxy groups -OCH3 is 1. The number of nitrogens with zero attached hydrogens (tertiary/aromatic N) is 2. The fraction of sp³-hybridized carbons (Fsp3) is 0.292. The van der Waals surface area contributed by atoms with E-state index in [1.165, 1.54) is 0 Å². The molecule has 1 aliphatic rings. The molecule has 1 aliphatic carbocycles. The third kappa shape index (κ3) is 5.20. The van der Waals surface area contributed by atoms with Gasteiger partial charge in [0.1, 0.15) is 11.6 Å². The van der Waals surface area contributed by atoms with Crippen molar-refractivity contribution in [3.8, 4) is 16.9 Å². The monoisotopic (exact) mass is 450 g/mol. The minimum absolute atomic E-state index is 0.0294. The highest BCUT2D eigenvalue weighted by atomic mass is 19.1. The second kappa shape index (κ2) is 9.83. The number of ether oxygens (including phenoxy) is 1. The van der Waals surface area contributed by atoms with Crippen molar-refractivity contribution in [2.45, 2.75) is 37.8 Å². The number of rotatable bonds is 7. The molecule has 172 valence electrons. The van der Waals surface area contributed by atoms with Crippen molar-refractivity contribution < 1.29 is 13.9 Å². The average Bonchev–Trinajstić information content (AvgIpc) is 2.82. The molecule has 1 amide bonds. The Morgan fingerprint density at radius 1 is 1.12 bits per heavy atom. The Morgan fingerprint density at radius 2 is 1.94 bits per heavy atom. The van der Waals surface area contributed by atoms with Gasteiger partial charge in [0.2, 0.25) is 0 Å². The smallest absolute Gasteiger partial charge is 0.252 e. The van der Waals surface area contributed by atoms with E-state index >= 15 is 0 Å². The molecule has 0 saturated heterocycles. The van der Waals surface area contributed by atoms with Gasteiger partial charge in [0.25, 0.3) is 5.91 Å². The molecule has 1 aromatic carbocycles. The molecule has 1 saturated carbocycles. The van der Waals surface area contributed by atoms with Crippen molar-refractivity contribution in [2.75, 3.05) is 17.7 Å². The number of benzene rings is 1. The normalized spacial score (nSPS) is 17.9. The van der Waals surface area contributed by atoms with E-state index < -0.39 is 11.7 Å². The SMILES string of the molecule is COc1cccc(-c2cncc(Nc3nc(NC4CCCCC4N)c(F)cc3C(N)=O)c2)c1. The summed E-state index contributed by atoms with van der Waals surface area (Å²) in [6.07, 6.45) is 7.06. The molecule has 0 bridgehead atoms. The lowest BCUT2D eigenvalue weighted by molar-refractivity contribution is 0.100. The summed E-state index contributed by atoms with van der Waals surface area (Å²) in [7, 11) is 1.60. The number of carbonyl (C=O) groups is 1. The molecule has 6 N–H and O–H groups in total. The van der Waals surface area contributed by atoms with Crippen LogP contribution in [-0.2, 0) is 0 Å². The highest BCUT2D eigenvalue weighted by Gasteiger charge is 2.24. The molecule has 2 atom stereocenters. The summed E-state index contributed by atoms with van der Waals surface area (Å²) in [5.74, 6) is -0.557. The Bertz CT molecular complexity index is 1160. The van der Waals surface area contributed by atoms with Crippen LogP contribution in [0.5, 0.6) is 5.75 Å². The number of nitrogens with one attached hydrogen (secondary N) is 2. The molecular weight excluding hydrogens is 423 g/mol. The number of pyridine rings is 2. The summed E-state index contributed by atoms with van der Waals surface area (Å²) in [5.41, 5.74) is 13.9. The minimum atomic E-state index is -0.790. The first-order chi connectivity index (χ1) is 15.9. The zero-order valence-electron chi connectivity index (χ0n) is 18.3. The van der Waals surface area contributed by atoms with Gasteiger partial charge in [0.05, 0.1) is 24.6 Å². The van der Waals surface area contributed by atoms with Gasteiger partial charge in [-0.2, -0.15) is 0 Å². The largest absolute Gasteiger partial charge is 0.497 e. The van der Waals surface area contributed by atoms with E-state index in [4.69, 9.17) is 16.2 Å². The van der Waals surface area contributed by atoms with Gasteiger partial charge in [-0.1, -0.05) is 25.0 Å². The van der Waals surface area contributed by atoms with Crippen LogP contribution < -0.4 is 26.8 Å². The van der Waals surface area contributed by atoms with Gasteiger partial charge in [-0.15, -0.1) is 0 Å². The Labute approximate surface area is 191 Å². The molecule has 33 heavy (non-hydrogen) atoms. The van der Waals surface area contributed by atoms with Crippen LogP contribution in [0.4, 0.5) is 21.7 Å². The highest BCUT2D eigenvalue weighted by molar-refractivity contribution is 5.98. The number of aromatic nitrogens is 2. The first-order valence-electron chi connectivity index (χ1n) is 10.8. The molecule has 9 heteroatoms. The number of anilines is 3. The second-order valence-electron chi connectivity index (χ2n) is 8.10. The van der Waals surface area contributed by atoms with Crippen LogP contribution in [-0.4, -0.2) is 35.1 Å². The average molecular weight is 451 g/mol. The minimum Gasteiger partial charge on any atom is -0.497 e. The van der Waals surface area contributed by atoms with E-state index in [0.29, 0.717) is 5.69 Å². The van der Waals surface area contributed by atoms with Crippen molar-refractivity contribution in [2.24, 2.45) is 11.5 Å². The van der Waals surface area contributed by atoms with Crippen LogP contribution in [0.2, 0.25) is 0 Å². The van der Waals surface area contributed by atoms with Crippen molar-refractivity contribution in [1.29, 1.82) is 0 Å². The van der Waals surface area contributed by atoms with Gasteiger partial charge in [-0.25, -0.2) is 9.37 Å². The lowest BCUT2D eigenvalue weighted by Crippen LogP contribution is -2.43. The predicted octanol–water partition coefficient (Wildman–Crippen LogP) is 3.82. The molecule has 8 nitrogen and oxygen atoms in total. The number of hydrogen-bond donors (Lipinski definition) is 4. The summed E-state index contributed by atoms with van der Waals surface area (Å²) in [6, 6.07) is 10.3. The molecule has 4 rings (SSSR count). The molecule has 1 fully saturated rings. The lowest BCUT2D eigenvalue weighted by atomic mass is 9.91. The number of halogens is 1. The number of amides is 1. The fourth-order valence-electron chi connectivity index (χ4n) is 3.99. The van der Waals surface area contributed by atoms with Crippen molar-refractivity contribution in [1.82, 2.24) is 9.97 Å². The molecular formula is C24H27FN6O2. The maximum atomic E-state index is 14.7. The Kier molecular flexibility index (Phi) is 6.69. The van der Waals surface area contributed by atoms with Crippen molar-refractivity contribution in [3.63, 3.8) is 0 Å². The zero-order chi connectivity index (χ0) is 23.4. The molecule has 2 aromatic heterocycles. The van der Waals surface area contributed by atoms with Crippen molar-refractivity contribution >= 4 is 23.2 Å². The number of nitrogens with two attached hydrogens (primary N) is 2.